The van der Waals surface area contributed by atoms with Gasteiger partial charge >= 0.3 is 0 Å². The van der Waals surface area contributed by atoms with Crippen LogP contribution in [0.15, 0.2) is 27.8 Å². The number of aliphatic hydroxyl groups is 2. The van der Waals surface area contributed by atoms with Crippen molar-refractivity contribution in [2.24, 2.45) is 5.11 Å². The molecule has 92 valence electrons. The Morgan fingerprint density at radius 3 is 2.82 bits per heavy atom. The van der Waals surface area contributed by atoms with E-state index in [2.05, 4.69) is 26.0 Å². The van der Waals surface area contributed by atoms with E-state index in [0.717, 1.165) is 4.47 Å². The van der Waals surface area contributed by atoms with Gasteiger partial charge in [0.1, 0.15) is 11.9 Å². The molecule has 0 fully saturated rings. The highest BCUT2D eigenvalue weighted by atomic mass is 79.9. The Kier molecular flexibility index (Phi) is 5.24. The molecule has 0 saturated heterocycles. The Balaban J connectivity index is 2.88. The smallest absolute Gasteiger partial charge is 0.133 e. The Morgan fingerprint density at radius 2 is 2.24 bits per heavy atom. The number of azide groups is 1. The van der Waals surface area contributed by atoms with Crippen LogP contribution >= 0.6 is 15.9 Å². The summed E-state index contributed by atoms with van der Waals surface area (Å²) in [6.45, 7) is -0.184. The first kappa shape index (κ1) is 13.8. The third-order valence-corrected chi connectivity index (χ3v) is 2.87. The average Bonchev–Trinajstić information content (AvgIpc) is 2.35. The van der Waals surface area contributed by atoms with E-state index in [1.54, 1.807) is 18.2 Å². The third kappa shape index (κ3) is 3.61. The molecule has 2 N–H and O–H groups in total. The maximum Gasteiger partial charge on any atom is 0.133 e. The van der Waals surface area contributed by atoms with Gasteiger partial charge in [-0.15, -0.1) is 0 Å². The number of rotatable bonds is 5. The minimum atomic E-state index is -1.14. The lowest BCUT2D eigenvalue weighted by Crippen LogP contribution is -2.21. The van der Waals surface area contributed by atoms with Crippen LogP contribution in [0.5, 0.6) is 5.75 Å². The topological polar surface area (TPSA) is 98.5 Å². The van der Waals surface area contributed by atoms with Crippen molar-refractivity contribution >= 4 is 15.9 Å². The van der Waals surface area contributed by atoms with E-state index in [1.807, 2.05) is 0 Å². The summed E-state index contributed by atoms with van der Waals surface area (Å²) >= 11 is 3.28. The normalized spacial score (nSPS) is 13.6. The maximum atomic E-state index is 9.82. The van der Waals surface area contributed by atoms with Crippen LogP contribution in [0.1, 0.15) is 11.7 Å². The summed E-state index contributed by atoms with van der Waals surface area (Å²) in [5.41, 5.74) is 8.62. The highest BCUT2D eigenvalue weighted by molar-refractivity contribution is 9.10. The van der Waals surface area contributed by atoms with Crippen molar-refractivity contribution in [3.05, 3.63) is 38.7 Å². The van der Waals surface area contributed by atoms with Gasteiger partial charge in [0, 0.05) is 4.91 Å². The first-order valence-electron chi connectivity index (χ1n) is 4.80. The van der Waals surface area contributed by atoms with E-state index < -0.39 is 12.2 Å². The van der Waals surface area contributed by atoms with Crippen LogP contribution in [0.4, 0.5) is 0 Å². The molecule has 17 heavy (non-hydrogen) atoms. The fraction of sp³-hybridized carbons (Fsp3) is 0.400. The van der Waals surface area contributed by atoms with E-state index in [1.165, 1.54) is 7.11 Å². The Labute approximate surface area is 107 Å². The van der Waals surface area contributed by atoms with E-state index >= 15 is 0 Å². The number of hydrogen-bond acceptors (Lipinski definition) is 4. The summed E-state index contributed by atoms with van der Waals surface area (Å²) in [5, 5.41) is 22.6. The number of benzene rings is 1. The summed E-state index contributed by atoms with van der Waals surface area (Å²) in [6, 6.07) is 4.96. The van der Waals surface area contributed by atoms with Crippen molar-refractivity contribution in [3.63, 3.8) is 0 Å². The third-order valence-electron chi connectivity index (χ3n) is 2.21. The van der Waals surface area contributed by atoms with Gasteiger partial charge in [-0.05, 0) is 39.2 Å². The number of methoxy groups -OCH3 is 1. The molecule has 0 saturated carbocycles. The summed E-state index contributed by atoms with van der Waals surface area (Å²) < 4.78 is 5.83. The van der Waals surface area contributed by atoms with Crippen LogP contribution in [-0.4, -0.2) is 30.0 Å². The van der Waals surface area contributed by atoms with Crippen molar-refractivity contribution in [1.82, 2.24) is 0 Å². The molecular formula is C10H12BrN3O3. The second kappa shape index (κ2) is 6.46. The van der Waals surface area contributed by atoms with Crippen LogP contribution in [0, 0.1) is 0 Å². The number of nitrogens with zero attached hydrogens (tertiary/aromatic N) is 3. The van der Waals surface area contributed by atoms with Crippen LogP contribution in [0.25, 0.3) is 10.4 Å². The Morgan fingerprint density at radius 1 is 1.53 bits per heavy atom. The highest BCUT2D eigenvalue weighted by Crippen LogP contribution is 2.29. The molecule has 0 aromatic heterocycles. The Bertz CT molecular complexity index is 435. The predicted octanol–water partition coefficient (Wildman–Crippen LogP) is 2.16. The summed E-state index contributed by atoms with van der Waals surface area (Å²) in [6.07, 6.45) is -2.26. The van der Waals surface area contributed by atoms with Crippen LogP contribution in [-0.2, 0) is 0 Å². The second-order valence-corrected chi connectivity index (χ2v) is 4.17. The van der Waals surface area contributed by atoms with Gasteiger partial charge in [-0.2, -0.15) is 0 Å². The predicted molar refractivity (Wildman–Crippen MR) is 65.7 cm³/mol. The summed E-state index contributed by atoms with van der Waals surface area (Å²) in [5.74, 6) is 0.553. The van der Waals surface area contributed by atoms with Gasteiger partial charge in [-0.1, -0.05) is 11.2 Å². The van der Waals surface area contributed by atoms with Crippen LogP contribution < -0.4 is 4.74 Å². The zero-order chi connectivity index (χ0) is 12.8. The highest BCUT2D eigenvalue weighted by Gasteiger charge is 2.18. The van der Waals surface area contributed by atoms with E-state index in [0.29, 0.717) is 11.3 Å². The molecule has 0 bridgehead atoms. The largest absolute Gasteiger partial charge is 0.496 e. The molecule has 1 aromatic carbocycles. The fourth-order valence-corrected chi connectivity index (χ4v) is 1.71. The average molecular weight is 302 g/mol. The maximum absolute atomic E-state index is 9.82. The van der Waals surface area contributed by atoms with Crippen molar-refractivity contribution < 1.29 is 14.9 Å². The standard InChI is InChI=1S/C10H12BrN3O3/c1-17-9-4-6(2-3-7(9)11)10(16)8(15)5-13-14-12/h2-4,8,10,15-16H,5H2,1H3. The molecule has 0 amide bonds. The van der Waals surface area contributed by atoms with Gasteiger partial charge < -0.3 is 14.9 Å². The first-order chi connectivity index (χ1) is 8.10. The van der Waals surface area contributed by atoms with E-state index in [4.69, 9.17) is 10.3 Å². The van der Waals surface area contributed by atoms with Crippen LogP contribution in [0.3, 0.4) is 0 Å². The van der Waals surface area contributed by atoms with Gasteiger partial charge in [0.2, 0.25) is 0 Å². The molecule has 7 heteroatoms. The summed E-state index contributed by atoms with van der Waals surface area (Å²) in [4.78, 5) is 2.52. The molecular weight excluding hydrogens is 290 g/mol. The van der Waals surface area contributed by atoms with Crippen molar-refractivity contribution in [2.45, 2.75) is 12.2 Å². The van der Waals surface area contributed by atoms with Crippen molar-refractivity contribution in [3.8, 4) is 5.75 Å². The molecule has 0 radical (unpaired) electrons. The first-order valence-corrected chi connectivity index (χ1v) is 5.60. The zero-order valence-electron chi connectivity index (χ0n) is 9.12. The molecule has 1 aromatic rings. The molecule has 2 atom stereocenters. The monoisotopic (exact) mass is 301 g/mol. The molecule has 0 aliphatic rings. The second-order valence-electron chi connectivity index (χ2n) is 3.32. The molecule has 0 heterocycles. The molecule has 0 aliphatic heterocycles. The number of halogens is 1. The van der Waals surface area contributed by atoms with Gasteiger partial charge in [0.15, 0.2) is 0 Å². The van der Waals surface area contributed by atoms with Gasteiger partial charge in [-0.3, -0.25) is 0 Å². The Hall–Kier alpha value is -1.27. The minimum absolute atomic E-state index is 0.184. The van der Waals surface area contributed by atoms with Crippen LogP contribution in [0.2, 0.25) is 0 Å². The molecule has 0 aliphatic carbocycles. The lowest BCUT2D eigenvalue weighted by atomic mass is 10.0. The lowest BCUT2D eigenvalue weighted by molar-refractivity contribution is 0.0243. The van der Waals surface area contributed by atoms with E-state index in [-0.39, 0.29) is 6.54 Å². The molecule has 1 rings (SSSR count). The van der Waals surface area contributed by atoms with Crippen molar-refractivity contribution in [1.29, 1.82) is 0 Å². The number of aliphatic hydroxyl groups excluding tert-OH is 2. The molecule has 0 spiro atoms. The van der Waals surface area contributed by atoms with Crippen molar-refractivity contribution in [2.75, 3.05) is 13.7 Å². The van der Waals surface area contributed by atoms with Gasteiger partial charge in [0.05, 0.1) is 24.2 Å². The SMILES string of the molecule is COc1cc(C(O)C(O)CN=[N+]=[N-])ccc1Br. The quantitative estimate of drug-likeness (QED) is 0.495. The molecule has 6 nitrogen and oxygen atoms in total. The molecule has 2 unspecified atom stereocenters. The lowest BCUT2D eigenvalue weighted by Gasteiger charge is -2.17. The van der Waals surface area contributed by atoms with E-state index in [9.17, 15) is 10.2 Å². The number of ether oxygens (including phenoxy) is 1. The van der Waals surface area contributed by atoms with Gasteiger partial charge in [-0.25, -0.2) is 0 Å². The zero-order valence-corrected chi connectivity index (χ0v) is 10.7. The number of hydrogen-bond donors (Lipinski definition) is 2. The fourth-order valence-electron chi connectivity index (χ4n) is 1.30. The minimum Gasteiger partial charge on any atom is -0.496 e. The summed E-state index contributed by atoms with van der Waals surface area (Å²) in [7, 11) is 1.51. The van der Waals surface area contributed by atoms with Gasteiger partial charge in [0.25, 0.3) is 0 Å².